The molecule has 2 rings (SSSR count). The van der Waals surface area contributed by atoms with Gasteiger partial charge in [-0.05, 0) is 37.3 Å². The summed E-state index contributed by atoms with van der Waals surface area (Å²) in [5.41, 5.74) is 2.13. The fourth-order valence-electron chi connectivity index (χ4n) is 3.21. The molecular formula is C24H32N2O2. The Morgan fingerprint density at radius 1 is 0.893 bits per heavy atom. The highest BCUT2D eigenvalue weighted by Gasteiger charge is 2.28. The monoisotopic (exact) mass is 380 g/mol. The lowest BCUT2D eigenvalue weighted by Gasteiger charge is -2.31. The molecule has 0 aromatic heterocycles. The summed E-state index contributed by atoms with van der Waals surface area (Å²) in [7, 11) is 0. The quantitative estimate of drug-likeness (QED) is 0.677. The molecule has 0 unspecified atom stereocenters. The zero-order valence-electron chi connectivity index (χ0n) is 17.2. The largest absolute Gasteiger partial charge is 0.352 e. The van der Waals surface area contributed by atoms with E-state index in [-0.39, 0.29) is 17.9 Å². The highest BCUT2D eigenvalue weighted by atomic mass is 16.2. The molecule has 0 aliphatic rings. The second kappa shape index (κ2) is 11.3. The van der Waals surface area contributed by atoms with Crippen molar-refractivity contribution in [2.24, 2.45) is 0 Å². The number of hydrogen-bond acceptors (Lipinski definition) is 2. The maximum atomic E-state index is 13.1. The maximum Gasteiger partial charge on any atom is 0.243 e. The molecule has 0 fully saturated rings. The normalized spacial score (nSPS) is 12.8. The minimum atomic E-state index is -0.450. The summed E-state index contributed by atoms with van der Waals surface area (Å²) in [6, 6.07) is 19.5. The van der Waals surface area contributed by atoms with Crippen LogP contribution in [0.3, 0.4) is 0 Å². The van der Waals surface area contributed by atoms with Crippen LogP contribution in [-0.4, -0.2) is 35.3 Å². The van der Waals surface area contributed by atoms with Gasteiger partial charge in [0.2, 0.25) is 11.8 Å². The number of rotatable bonds is 10. The minimum Gasteiger partial charge on any atom is -0.352 e. The van der Waals surface area contributed by atoms with Crippen molar-refractivity contribution in [2.45, 2.75) is 58.5 Å². The van der Waals surface area contributed by atoms with E-state index in [1.807, 2.05) is 69.3 Å². The van der Waals surface area contributed by atoms with Crippen molar-refractivity contribution in [1.82, 2.24) is 10.2 Å². The van der Waals surface area contributed by atoms with Gasteiger partial charge in [-0.1, -0.05) is 74.5 Å². The van der Waals surface area contributed by atoms with Gasteiger partial charge in [0.05, 0.1) is 6.42 Å². The zero-order valence-corrected chi connectivity index (χ0v) is 17.2. The molecule has 0 aliphatic heterocycles. The van der Waals surface area contributed by atoms with Crippen LogP contribution in [0.2, 0.25) is 0 Å². The maximum absolute atomic E-state index is 13.1. The second-order valence-corrected chi connectivity index (χ2v) is 7.23. The van der Waals surface area contributed by atoms with Gasteiger partial charge in [-0.15, -0.1) is 0 Å². The fourth-order valence-corrected chi connectivity index (χ4v) is 3.21. The third-order valence-electron chi connectivity index (χ3n) is 5.07. The Balaban J connectivity index is 2.17. The third kappa shape index (κ3) is 6.52. The molecular weight excluding hydrogens is 348 g/mol. The molecule has 2 atom stereocenters. The fraction of sp³-hybridized carbons (Fsp3) is 0.417. The highest BCUT2D eigenvalue weighted by molar-refractivity contribution is 5.88. The van der Waals surface area contributed by atoms with E-state index in [2.05, 4.69) is 17.4 Å². The van der Waals surface area contributed by atoms with Gasteiger partial charge in [-0.25, -0.2) is 0 Å². The number of nitrogens with zero attached hydrogens (tertiary/aromatic N) is 1. The van der Waals surface area contributed by atoms with Crippen molar-refractivity contribution in [3.63, 3.8) is 0 Å². The van der Waals surface area contributed by atoms with E-state index in [4.69, 9.17) is 0 Å². The summed E-state index contributed by atoms with van der Waals surface area (Å²) in [6.45, 7) is 6.53. The lowest BCUT2D eigenvalue weighted by molar-refractivity contribution is -0.140. The van der Waals surface area contributed by atoms with Crippen molar-refractivity contribution in [3.8, 4) is 0 Å². The van der Waals surface area contributed by atoms with E-state index < -0.39 is 6.04 Å². The molecule has 0 radical (unpaired) electrons. The third-order valence-corrected chi connectivity index (χ3v) is 5.07. The number of amides is 2. The Labute approximate surface area is 169 Å². The summed E-state index contributed by atoms with van der Waals surface area (Å²) in [5, 5.41) is 3.05. The molecule has 2 amide bonds. The van der Waals surface area contributed by atoms with Crippen molar-refractivity contribution >= 4 is 11.8 Å². The van der Waals surface area contributed by atoms with Crippen molar-refractivity contribution in [3.05, 3.63) is 71.8 Å². The Hall–Kier alpha value is -2.62. The standard InChI is InChI=1S/C24H32N2O2/c1-4-19(3)25-24(28)22(5-2)26(17-16-20-12-8-6-9-13-20)23(27)18-21-14-10-7-11-15-21/h6-15,19,22H,4-5,16-18H2,1-3H3,(H,25,28)/t19-,22+/m1/s1. The molecule has 0 spiro atoms. The van der Waals surface area contributed by atoms with Crippen LogP contribution in [0.25, 0.3) is 0 Å². The minimum absolute atomic E-state index is 0.00622. The van der Waals surface area contributed by atoms with Crippen LogP contribution >= 0.6 is 0 Å². The van der Waals surface area contributed by atoms with Gasteiger partial charge in [0.25, 0.3) is 0 Å². The molecule has 150 valence electrons. The lowest BCUT2D eigenvalue weighted by Crippen LogP contribution is -2.52. The summed E-state index contributed by atoms with van der Waals surface area (Å²) >= 11 is 0. The van der Waals surface area contributed by atoms with Crippen molar-refractivity contribution in [2.75, 3.05) is 6.54 Å². The van der Waals surface area contributed by atoms with Gasteiger partial charge in [-0.2, -0.15) is 0 Å². The van der Waals surface area contributed by atoms with Crippen molar-refractivity contribution < 1.29 is 9.59 Å². The van der Waals surface area contributed by atoms with E-state index in [1.165, 1.54) is 0 Å². The summed E-state index contributed by atoms with van der Waals surface area (Å²) in [5.74, 6) is -0.0698. The van der Waals surface area contributed by atoms with E-state index >= 15 is 0 Å². The Morgan fingerprint density at radius 2 is 1.46 bits per heavy atom. The molecule has 28 heavy (non-hydrogen) atoms. The van der Waals surface area contributed by atoms with Crippen LogP contribution in [0.1, 0.15) is 44.7 Å². The summed E-state index contributed by atoms with van der Waals surface area (Å²) in [6.07, 6.45) is 2.50. The smallest absolute Gasteiger partial charge is 0.243 e. The van der Waals surface area contributed by atoms with Crippen LogP contribution in [0, 0.1) is 0 Å². The van der Waals surface area contributed by atoms with Crippen LogP contribution in [0.5, 0.6) is 0 Å². The van der Waals surface area contributed by atoms with Gasteiger partial charge >= 0.3 is 0 Å². The molecule has 2 aromatic carbocycles. The number of carbonyl (C=O) groups excluding carboxylic acids is 2. The SMILES string of the molecule is CC[C@@H](C)NC(=O)[C@H](CC)N(CCc1ccccc1)C(=O)Cc1ccccc1. The highest BCUT2D eigenvalue weighted by Crippen LogP contribution is 2.12. The average molecular weight is 381 g/mol. The number of carbonyl (C=O) groups is 2. The first kappa shape index (κ1) is 21.7. The van der Waals surface area contributed by atoms with Crippen LogP contribution < -0.4 is 5.32 Å². The molecule has 0 saturated carbocycles. The molecule has 0 aliphatic carbocycles. The Bertz CT molecular complexity index is 731. The van der Waals surface area contributed by atoms with Gasteiger partial charge < -0.3 is 10.2 Å². The first-order chi connectivity index (χ1) is 13.5. The lowest BCUT2D eigenvalue weighted by atomic mass is 10.1. The summed E-state index contributed by atoms with van der Waals surface area (Å²) < 4.78 is 0. The van der Waals surface area contributed by atoms with Crippen LogP contribution in [0.15, 0.2) is 60.7 Å². The average Bonchev–Trinajstić information content (AvgIpc) is 2.72. The van der Waals surface area contributed by atoms with E-state index in [0.29, 0.717) is 19.4 Å². The zero-order chi connectivity index (χ0) is 20.4. The molecule has 4 heteroatoms. The summed E-state index contributed by atoms with van der Waals surface area (Å²) in [4.78, 5) is 27.7. The Morgan fingerprint density at radius 3 is 2.00 bits per heavy atom. The molecule has 1 N–H and O–H groups in total. The molecule has 4 nitrogen and oxygen atoms in total. The number of hydrogen-bond donors (Lipinski definition) is 1. The topological polar surface area (TPSA) is 49.4 Å². The second-order valence-electron chi connectivity index (χ2n) is 7.23. The van der Waals surface area contributed by atoms with E-state index in [1.54, 1.807) is 4.90 Å². The first-order valence-electron chi connectivity index (χ1n) is 10.2. The predicted octanol–water partition coefficient (Wildman–Crippen LogP) is 3.99. The van der Waals surface area contributed by atoms with Gasteiger partial charge in [0.15, 0.2) is 0 Å². The van der Waals surface area contributed by atoms with Gasteiger partial charge in [0.1, 0.15) is 6.04 Å². The Kier molecular flexibility index (Phi) is 8.73. The predicted molar refractivity (Wildman–Crippen MR) is 114 cm³/mol. The first-order valence-corrected chi connectivity index (χ1v) is 10.2. The van der Waals surface area contributed by atoms with Crippen molar-refractivity contribution in [1.29, 1.82) is 0 Å². The molecule has 2 aromatic rings. The van der Waals surface area contributed by atoms with Crippen LogP contribution in [-0.2, 0) is 22.4 Å². The van der Waals surface area contributed by atoms with E-state index in [9.17, 15) is 9.59 Å². The van der Waals surface area contributed by atoms with Gasteiger partial charge in [0, 0.05) is 12.6 Å². The number of nitrogens with one attached hydrogen (secondary N) is 1. The molecule has 0 saturated heterocycles. The number of benzene rings is 2. The van der Waals surface area contributed by atoms with Gasteiger partial charge in [-0.3, -0.25) is 9.59 Å². The molecule has 0 bridgehead atoms. The van der Waals surface area contributed by atoms with Crippen LogP contribution in [0.4, 0.5) is 0 Å². The molecule has 0 heterocycles. The van der Waals surface area contributed by atoms with E-state index in [0.717, 1.165) is 24.0 Å².